The number of urea groups is 1. The molecule has 3 fully saturated rings. The number of nitrogens with one attached hydrogen (secondary N) is 1. The molecule has 0 spiro atoms. The Kier molecular flexibility index (Phi) is 3.46. The molecule has 102 valence electrons. The smallest absolute Gasteiger partial charge is 0.317 e. The lowest BCUT2D eigenvalue weighted by atomic mass is 9.93. The summed E-state index contributed by atoms with van der Waals surface area (Å²) in [6, 6.07) is 1.60. The molecule has 4 heteroatoms. The molecule has 2 atom stereocenters. The molecule has 4 nitrogen and oxygen atoms in total. The van der Waals surface area contributed by atoms with Crippen LogP contribution < -0.4 is 5.32 Å². The first kappa shape index (κ1) is 12.3. The monoisotopic (exact) mass is 251 g/mol. The minimum atomic E-state index is 0.178. The second kappa shape index (κ2) is 5.08. The van der Waals surface area contributed by atoms with E-state index in [1.54, 1.807) is 0 Å². The van der Waals surface area contributed by atoms with Crippen molar-refractivity contribution in [2.75, 3.05) is 19.6 Å². The molecular weight excluding hydrogens is 226 g/mol. The molecule has 3 aliphatic rings. The zero-order valence-electron chi connectivity index (χ0n) is 11.4. The summed E-state index contributed by atoms with van der Waals surface area (Å²) >= 11 is 0. The summed E-state index contributed by atoms with van der Waals surface area (Å²) in [6.07, 6.45) is 7.54. The number of carbonyl (C=O) groups is 1. The van der Waals surface area contributed by atoms with Crippen molar-refractivity contribution in [3.8, 4) is 0 Å². The van der Waals surface area contributed by atoms with E-state index in [0.717, 1.165) is 13.1 Å². The van der Waals surface area contributed by atoms with E-state index in [0.29, 0.717) is 18.1 Å². The predicted octanol–water partition coefficient (Wildman–Crippen LogP) is 1.81. The van der Waals surface area contributed by atoms with Crippen molar-refractivity contribution in [2.45, 2.75) is 63.6 Å². The molecule has 2 amide bonds. The maximum Gasteiger partial charge on any atom is 0.317 e. The molecule has 0 bridgehead atoms. The Labute approximate surface area is 110 Å². The van der Waals surface area contributed by atoms with E-state index < -0.39 is 0 Å². The van der Waals surface area contributed by atoms with Crippen LogP contribution in [0.5, 0.6) is 0 Å². The zero-order chi connectivity index (χ0) is 12.5. The lowest BCUT2D eigenvalue weighted by molar-refractivity contribution is 0.0331. The van der Waals surface area contributed by atoms with Gasteiger partial charge in [0.1, 0.15) is 0 Å². The minimum Gasteiger partial charge on any atom is -0.335 e. The van der Waals surface area contributed by atoms with Crippen molar-refractivity contribution in [2.24, 2.45) is 0 Å². The van der Waals surface area contributed by atoms with Crippen molar-refractivity contribution in [3.05, 3.63) is 0 Å². The quantitative estimate of drug-likeness (QED) is 0.771. The number of piperazine rings is 1. The second-order valence-corrected chi connectivity index (χ2v) is 6.22. The number of nitrogens with zero attached hydrogens (tertiary/aromatic N) is 2. The van der Waals surface area contributed by atoms with E-state index in [4.69, 9.17) is 0 Å². The van der Waals surface area contributed by atoms with Gasteiger partial charge in [0, 0.05) is 31.2 Å². The molecule has 0 aromatic heterocycles. The molecule has 1 saturated carbocycles. The van der Waals surface area contributed by atoms with Crippen LogP contribution in [0.4, 0.5) is 4.79 Å². The molecule has 2 saturated heterocycles. The first-order valence-corrected chi connectivity index (χ1v) is 7.55. The Balaban J connectivity index is 1.59. The molecule has 2 heterocycles. The third-order valence-corrected chi connectivity index (χ3v) is 4.88. The summed E-state index contributed by atoms with van der Waals surface area (Å²) in [7, 11) is 0. The molecular formula is C14H25N3O. The van der Waals surface area contributed by atoms with Crippen LogP contribution in [0.3, 0.4) is 0 Å². The second-order valence-electron chi connectivity index (χ2n) is 6.22. The molecule has 18 heavy (non-hydrogen) atoms. The van der Waals surface area contributed by atoms with Crippen LogP contribution in [0.1, 0.15) is 45.4 Å². The van der Waals surface area contributed by atoms with Gasteiger partial charge < -0.3 is 10.2 Å². The Morgan fingerprint density at radius 1 is 1.11 bits per heavy atom. The molecule has 2 aliphatic heterocycles. The van der Waals surface area contributed by atoms with Crippen LogP contribution >= 0.6 is 0 Å². The molecule has 0 aromatic carbocycles. The van der Waals surface area contributed by atoms with Crippen LogP contribution in [0, 0.1) is 0 Å². The highest BCUT2D eigenvalue weighted by Gasteiger charge is 2.36. The van der Waals surface area contributed by atoms with Crippen LogP contribution in [-0.2, 0) is 0 Å². The first-order valence-electron chi connectivity index (χ1n) is 7.55. The Morgan fingerprint density at radius 2 is 1.94 bits per heavy atom. The van der Waals surface area contributed by atoms with Crippen LogP contribution in [0.15, 0.2) is 0 Å². The number of carbonyl (C=O) groups excluding carboxylic acids is 1. The van der Waals surface area contributed by atoms with Gasteiger partial charge in [0.05, 0.1) is 0 Å². The van der Waals surface area contributed by atoms with Crippen molar-refractivity contribution in [1.82, 2.24) is 15.1 Å². The number of hydrogen-bond donors (Lipinski definition) is 1. The first-order chi connectivity index (χ1) is 8.74. The molecule has 0 aromatic rings. The van der Waals surface area contributed by atoms with Gasteiger partial charge in [-0.2, -0.15) is 0 Å². The molecule has 2 unspecified atom stereocenters. The number of hydrogen-bond acceptors (Lipinski definition) is 2. The maximum atomic E-state index is 12.3. The van der Waals surface area contributed by atoms with E-state index in [-0.39, 0.29) is 6.03 Å². The topological polar surface area (TPSA) is 35.6 Å². The average molecular weight is 251 g/mol. The lowest BCUT2D eigenvalue weighted by Crippen LogP contribution is -2.62. The van der Waals surface area contributed by atoms with E-state index in [2.05, 4.69) is 22.0 Å². The summed E-state index contributed by atoms with van der Waals surface area (Å²) in [4.78, 5) is 16.9. The van der Waals surface area contributed by atoms with E-state index in [9.17, 15) is 4.79 Å². The third-order valence-electron chi connectivity index (χ3n) is 4.88. The summed E-state index contributed by atoms with van der Waals surface area (Å²) in [5.41, 5.74) is 0. The SMILES string of the molecule is CC1CN2CCCCC2CN1C(=O)NC1CCC1. The number of piperidine rings is 1. The molecule has 3 rings (SSSR count). The average Bonchev–Trinajstić information content (AvgIpc) is 2.32. The van der Waals surface area contributed by atoms with Gasteiger partial charge in [-0.1, -0.05) is 6.42 Å². The lowest BCUT2D eigenvalue weighted by Gasteiger charge is -2.47. The van der Waals surface area contributed by atoms with Gasteiger partial charge in [0.2, 0.25) is 0 Å². The number of fused-ring (bicyclic) bond motifs is 1. The van der Waals surface area contributed by atoms with Crippen molar-refractivity contribution in [3.63, 3.8) is 0 Å². The van der Waals surface area contributed by atoms with E-state index >= 15 is 0 Å². The molecule has 1 aliphatic carbocycles. The van der Waals surface area contributed by atoms with Gasteiger partial charge in [-0.25, -0.2) is 4.79 Å². The normalized spacial score (nSPS) is 33.7. The fourth-order valence-electron chi connectivity index (χ4n) is 3.45. The van der Waals surface area contributed by atoms with Gasteiger partial charge in [-0.05, 0) is 45.6 Å². The summed E-state index contributed by atoms with van der Waals surface area (Å²) in [6.45, 7) is 5.40. The van der Waals surface area contributed by atoms with Crippen LogP contribution in [0.25, 0.3) is 0 Å². The zero-order valence-corrected chi connectivity index (χ0v) is 11.4. The van der Waals surface area contributed by atoms with Gasteiger partial charge >= 0.3 is 6.03 Å². The fourth-order valence-corrected chi connectivity index (χ4v) is 3.45. The summed E-state index contributed by atoms with van der Waals surface area (Å²) < 4.78 is 0. The van der Waals surface area contributed by atoms with Gasteiger partial charge in [0.15, 0.2) is 0 Å². The minimum absolute atomic E-state index is 0.178. The third kappa shape index (κ3) is 2.35. The Bertz CT molecular complexity index is 316. The van der Waals surface area contributed by atoms with Gasteiger partial charge in [0.25, 0.3) is 0 Å². The fraction of sp³-hybridized carbons (Fsp3) is 0.929. The largest absolute Gasteiger partial charge is 0.335 e. The highest BCUT2D eigenvalue weighted by atomic mass is 16.2. The van der Waals surface area contributed by atoms with Crippen molar-refractivity contribution >= 4 is 6.03 Å². The molecule has 0 radical (unpaired) electrons. The van der Waals surface area contributed by atoms with E-state index in [1.165, 1.54) is 45.1 Å². The van der Waals surface area contributed by atoms with Gasteiger partial charge in [-0.3, -0.25) is 4.90 Å². The van der Waals surface area contributed by atoms with Crippen molar-refractivity contribution in [1.29, 1.82) is 0 Å². The van der Waals surface area contributed by atoms with E-state index in [1.807, 2.05) is 0 Å². The molecule has 1 N–H and O–H groups in total. The highest BCUT2D eigenvalue weighted by molar-refractivity contribution is 5.75. The standard InChI is InChI=1S/C14H25N3O/c1-11-9-16-8-3-2-7-13(16)10-17(11)14(18)15-12-5-4-6-12/h11-13H,2-10H2,1H3,(H,15,18). The number of rotatable bonds is 1. The van der Waals surface area contributed by atoms with Gasteiger partial charge in [-0.15, -0.1) is 0 Å². The van der Waals surface area contributed by atoms with Crippen LogP contribution in [-0.4, -0.2) is 53.6 Å². The van der Waals surface area contributed by atoms with Crippen molar-refractivity contribution < 1.29 is 4.79 Å². The number of amides is 2. The maximum absolute atomic E-state index is 12.3. The summed E-state index contributed by atoms with van der Waals surface area (Å²) in [5.74, 6) is 0. The highest BCUT2D eigenvalue weighted by Crippen LogP contribution is 2.25. The van der Waals surface area contributed by atoms with Crippen LogP contribution in [0.2, 0.25) is 0 Å². The summed E-state index contributed by atoms with van der Waals surface area (Å²) in [5, 5.41) is 3.18. The predicted molar refractivity (Wildman–Crippen MR) is 71.6 cm³/mol. The Morgan fingerprint density at radius 3 is 2.67 bits per heavy atom. The Hall–Kier alpha value is -0.770.